The number of morpholine rings is 1. The van der Waals surface area contributed by atoms with Gasteiger partial charge in [0.2, 0.25) is 5.95 Å². The van der Waals surface area contributed by atoms with E-state index in [9.17, 15) is 4.79 Å². The summed E-state index contributed by atoms with van der Waals surface area (Å²) in [6, 6.07) is 7.86. The number of benzene rings is 1. The number of para-hydroxylation sites is 2. The second kappa shape index (κ2) is 8.56. The van der Waals surface area contributed by atoms with Crippen LogP contribution in [0.5, 0.6) is 0 Å². The fourth-order valence-corrected chi connectivity index (χ4v) is 3.66. The highest BCUT2D eigenvalue weighted by molar-refractivity contribution is 6.05. The third-order valence-electron chi connectivity index (χ3n) is 5.47. The van der Waals surface area contributed by atoms with Crippen LogP contribution in [0.15, 0.2) is 36.7 Å². The molecule has 1 amide bonds. The van der Waals surface area contributed by atoms with Gasteiger partial charge in [-0.1, -0.05) is 19.1 Å². The summed E-state index contributed by atoms with van der Waals surface area (Å²) in [6.45, 7) is 7.26. The summed E-state index contributed by atoms with van der Waals surface area (Å²) in [5, 5.41) is 3.01. The maximum absolute atomic E-state index is 12.7. The topological polar surface area (TPSA) is 70.6 Å². The first-order valence-electron chi connectivity index (χ1n) is 10.0. The molecule has 4 rings (SSSR count). The number of carbonyl (C=O) groups is 1. The van der Waals surface area contributed by atoms with Gasteiger partial charge in [0.1, 0.15) is 0 Å². The van der Waals surface area contributed by atoms with Gasteiger partial charge in [0.05, 0.1) is 30.2 Å². The Morgan fingerprint density at radius 2 is 1.71 bits per heavy atom. The second-order valence-corrected chi connectivity index (χ2v) is 7.51. The van der Waals surface area contributed by atoms with E-state index in [1.165, 1.54) is 0 Å². The van der Waals surface area contributed by atoms with Gasteiger partial charge < -0.3 is 19.9 Å². The molecule has 1 aromatic heterocycles. The lowest BCUT2D eigenvalue weighted by Crippen LogP contribution is -2.36. The summed E-state index contributed by atoms with van der Waals surface area (Å²) in [5.74, 6) is 1.27. The molecule has 0 aliphatic carbocycles. The highest BCUT2D eigenvalue weighted by Gasteiger charge is 2.19. The van der Waals surface area contributed by atoms with E-state index < -0.39 is 0 Å². The quantitative estimate of drug-likeness (QED) is 0.878. The average molecular weight is 381 g/mol. The first-order chi connectivity index (χ1) is 13.7. The monoisotopic (exact) mass is 381 g/mol. The molecular formula is C21H27N5O2. The van der Waals surface area contributed by atoms with E-state index in [1.807, 2.05) is 24.3 Å². The van der Waals surface area contributed by atoms with E-state index >= 15 is 0 Å². The Balaban J connectivity index is 1.44. The molecule has 2 aliphatic heterocycles. The van der Waals surface area contributed by atoms with Crippen LogP contribution in [0, 0.1) is 5.92 Å². The molecule has 1 N–H and O–H groups in total. The molecule has 0 spiro atoms. The molecule has 2 aromatic rings. The number of hydrogen-bond donors (Lipinski definition) is 1. The number of nitrogens with one attached hydrogen (secondary N) is 1. The van der Waals surface area contributed by atoms with Crippen LogP contribution in [0.2, 0.25) is 0 Å². The lowest BCUT2D eigenvalue weighted by Gasteiger charge is -2.30. The smallest absolute Gasteiger partial charge is 0.258 e. The van der Waals surface area contributed by atoms with Crippen LogP contribution < -0.4 is 15.1 Å². The van der Waals surface area contributed by atoms with E-state index in [2.05, 4.69) is 32.0 Å². The van der Waals surface area contributed by atoms with Crippen LogP contribution in [0.3, 0.4) is 0 Å². The number of carbonyl (C=O) groups excluding carboxylic acids is 1. The Morgan fingerprint density at radius 1 is 1.04 bits per heavy atom. The van der Waals surface area contributed by atoms with E-state index in [-0.39, 0.29) is 5.91 Å². The minimum atomic E-state index is -0.195. The summed E-state index contributed by atoms with van der Waals surface area (Å²) in [6.07, 6.45) is 5.55. The van der Waals surface area contributed by atoms with Crippen LogP contribution in [-0.4, -0.2) is 55.3 Å². The van der Waals surface area contributed by atoms with Gasteiger partial charge in [-0.2, -0.15) is 0 Å². The van der Waals surface area contributed by atoms with Gasteiger partial charge in [-0.05, 0) is 30.9 Å². The number of aromatic nitrogens is 2. The zero-order valence-electron chi connectivity index (χ0n) is 16.3. The first kappa shape index (κ1) is 18.7. The van der Waals surface area contributed by atoms with Crippen molar-refractivity contribution in [2.24, 2.45) is 5.92 Å². The first-order valence-corrected chi connectivity index (χ1v) is 10.0. The van der Waals surface area contributed by atoms with Crippen molar-refractivity contribution in [2.75, 3.05) is 54.5 Å². The minimum Gasteiger partial charge on any atom is -0.378 e. The molecule has 1 aromatic carbocycles. The van der Waals surface area contributed by atoms with E-state index in [1.54, 1.807) is 12.4 Å². The van der Waals surface area contributed by atoms with Crippen molar-refractivity contribution in [3.8, 4) is 0 Å². The van der Waals surface area contributed by atoms with Gasteiger partial charge in [-0.3, -0.25) is 4.79 Å². The van der Waals surface area contributed by atoms with Gasteiger partial charge in [0, 0.05) is 38.6 Å². The third-order valence-corrected chi connectivity index (χ3v) is 5.47. The molecule has 0 radical (unpaired) electrons. The summed E-state index contributed by atoms with van der Waals surface area (Å²) < 4.78 is 5.43. The van der Waals surface area contributed by atoms with Crippen LogP contribution in [0.25, 0.3) is 0 Å². The zero-order valence-corrected chi connectivity index (χ0v) is 16.3. The van der Waals surface area contributed by atoms with Crippen molar-refractivity contribution in [1.82, 2.24) is 9.97 Å². The lowest BCUT2D eigenvalue weighted by molar-refractivity contribution is 0.102. The standard InChI is InChI=1S/C21H27N5O2/c1-16-6-8-26(9-7-16)21-22-14-17(15-23-21)20(27)24-18-4-2-3-5-19(18)25-10-12-28-13-11-25/h2-5,14-16H,6-13H2,1H3,(H,24,27). The zero-order chi connectivity index (χ0) is 19.3. The van der Waals surface area contributed by atoms with Crippen molar-refractivity contribution in [3.63, 3.8) is 0 Å². The van der Waals surface area contributed by atoms with E-state index in [4.69, 9.17) is 4.74 Å². The predicted octanol–water partition coefficient (Wildman–Crippen LogP) is 2.80. The van der Waals surface area contributed by atoms with Crippen LogP contribution in [0.4, 0.5) is 17.3 Å². The van der Waals surface area contributed by atoms with Crippen molar-refractivity contribution in [2.45, 2.75) is 19.8 Å². The Hall–Kier alpha value is -2.67. The number of ether oxygens (including phenoxy) is 1. The molecule has 28 heavy (non-hydrogen) atoms. The molecule has 7 nitrogen and oxygen atoms in total. The Labute approximate surface area is 165 Å². The average Bonchev–Trinajstić information content (AvgIpc) is 2.75. The van der Waals surface area contributed by atoms with Crippen molar-refractivity contribution < 1.29 is 9.53 Å². The fraction of sp³-hybridized carbons (Fsp3) is 0.476. The molecule has 0 bridgehead atoms. The fourth-order valence-electron chi connectivity index (χ4n) is 3.66. The normalized spacial score (nSPS) is 18.2. The third kappa shape index (κ3) is 4.25. The van der Waals surface area contributed by atoms with Crippen LogP contribution >= 0.6 is 0 Å². The van der Waals surface area contributed by atoms with Crippen LogP contribution in [0.1, 0.15) is 30.1 Å². The number of piperidine rings is 1. The molecular weight excluding hydrogens is 354 g/mol. The number of rotatable bonds is 4. The Morgan fingerprint density at radius 3 is 2.43 bits per heavy atom. The largest absolute Gasteiger partial charge is 0.378 e. The number of hydrogen-bond acceptors (Lipinski definition) is 6. The molecule has 148 valence electrons. The minimum absolute atomic E-state index is 0.195. The van der Waals surface area contributed by atoms with Crippen molar-refractivity contribution in [1.29, 1.82) is 0 Å². The maximum atomic E-state index is 12.7. The SMILES string of the molecule is CC1CCN(c2ncc(C(=O)Nc3ccccc3N3CCOCC3)cn2)CC1. The number of nitrogens with zero attached hydrogens (tertiary/aromatic N) is 4. The molecule has 0 unspecified atom stereocenters. The molecule has 0 atom stereocenters. The Kier molecular flexibility index (Phi) is 5.71. The molecule has 2 fully saturated rings. The van der Waals surface area contributed by atoms with Gasteiger partial charge in [-0.25, -0.2) is 9.97 Å². The highest BCUT2D eigenvalue weighted by atomic mass is 16.5. The van der Waals surface area contributed by atoms with E-state index in [0.717, 1.165) is 56.3 Å². The van der Waals surface area contributed by atoms with Gasteiger partial charge in [0.25, 0.3) is 5.91 Å². The molecule has 2 aliphatic rings. The lowest BCUT2D eigenvalue weighted by atomic mass is 10.00. The molecule has 7 heteroatoms. The number of amides is 1. The highest BCUT2D eigenvalue weighted by Crippen LogP contribution is 2.27. The maximum Gasteiger partial charge on any atom is 0.258 e. The molecule has 3 heterocycles. The van der Waals surface area contributed by atoms with Crippen LogP contribution in [-0.2, 0) is 4.74 Å². The van der Waals surface area contributed by atoms with E-state index in [0.29, 0.717) is 24.7 Å². The van der Waals surface area contributed by atoms with Gasteiger partial charge in [-0.15, -0.1) is 0 Å². The Bertz CT molecular complexity index is 797. The van der Waals surface area contributed by atoms with Gasteiger partial charge in [0.15, 0.2) is 0 Å². The molecule has 0 saturated carbocycles. The summed E-state index contributed by atoms with van der Waals surface area (Å²) in [5.41, 5.74) is 2.27. The number of anilines is 3. The van der Waals surface area contributed by atoms with Crippen molar-refractivity contribution >= 4 is 23.2 Å². The van der Waals surface area contributed by atoms with Gasteiger partial charge >= 0.3 is 0 Å². The summed E-state index contributed by atoms with van der Waals surface area (Å²) in [7, 11) is 0. The predicted molar refractivity (Wildman–Crippen MR) is 110 cm³/mol. The summed E-state index contributed by atoms with van der Waals surface area (Å²) >= 11 is 0. The van der Waals surface area contributed by atoms with Crippen molar-refractivity contribution in [3.05, 3.63) is 42.2 Å². The second-order valence-electron chi connectivity index (χ2n) is 7.51. The summed E-state index contributed by atoms with van der Waals surface area (Å²) in [4.78, 5) is 26.0. The molecule has 2 saturated heterocycles.